The van der Waals surface area contributed by atoms with Gasteiger partial charge in [-0.15, -0.1) is 0 Å². The molecule has 0 saturated heterocycles. The van der Waals surface area contributed by atoms with Crippen LogP contribution in [0, 0.1) is 0 Å². The molecule has 33 heavy (non-hydrogen) atoms. The summed E-state index contributed by atoms with van der Waals surface area (Å²) in [6.07, 6.45) is 0.418. The fourth-order valence-corrected chi connectivity index (χ4v) is 3.37. The van der Waals surface area contributed by atoms with Gasteiger partial charge in [0, 0.05) is 18.4 Å². The lowest BCUT2D eigenvalue weighted by molar-refractivity contribution is -0.145. The van der Waals surface area contributed by atoms with Crippen LogP contribution in [0.5, 0.6) is 5.75 Å². The molecule has 2 atom stereocenters. The van der Waals surface area contributed by atoms with Crippen LogP contribution >= 0.6 is 0 Å². The smallest absolute Gasteiger partial charge is 0.328 e. The number of hydrogen-bond donors (Lipinski definition) is 3. The number of esters is 1. The first-order valence-electron chi connectivity index (χ1n) is 10.5. The van der Waals surface area contributed by atoms with Crippen molar-refractivity contribution in [3.63, 3.8) is 0 Å². The molecule has 0 fully saturated rings. The van der Waals surface area contributed by atoms with Crippen molar-refractivity contribution in [1.82, 2.24) is 10.6 Å². The number of hydrogen-bond acceptors (Lipinski definition) is 5. The molecular weight excluding hydrogens is 420 g/mol. The molecule has 3 aromatic rings. The van der Waals surface area contributed by atoms with Crippen molar-refractivity contribution in [3.05, 3.63) is 102 Å². The summed E-state index contributed by atoms with van der Waals surface area (Å²) in [5, 5.41) is 15.0. The van der Waals surface area contributed by atoms with E-state index in [2.05, 4.69) is 10.6 Å². The van der Waals surface area contributed by atoms with Gasteiger partial charge in [0.05, 0.1) is 7.11 Å². The summed E-state index contributed by atoms with van der Waals surface area (Å²) in [5.41, 5.74) is 2.01. The minimum absolute atomic E-state index is 0.0988. The highest BCUT2D eigenvalue weighted by Crippen LogP contribution is 2.13. The van der Waals surface area contributed by atoms with Gasteiger partial charge in [0.25, 0.3) is 5.91 Å². The van der Waals surface area contributed by atoms with Crippen LogP contribution < -0.4 is 10.6 Å². The molecule has 0 unspecified atom stereocenters. The van der Waals surface area contributed by atoms with Gasteiger partial charge in [-0.2, -0.15) is 0 Å². The maximum Gasteiger partial charge on any atom is 0.328 e. The van der Waals surface area contributed by atoms with Crippen molar-refractivity contribution >= 4 is 17.8 Å². The van der Waals surface area contributed by atoms with Gasteiger partial charge >= 0.3 is 5.97 Å². The summed E-state index contributed by atoms with van der Waals surface area (Å²) < 4.78 is 4.88. The highest BCUT2D eigenvalue weighted by Gasteiger charge is 2.28. The highest BCUT2D eigenvalue weighted by atomic mass is 16.5. The van der Waals surface area contributed by atoms with Crippen LogP contribution in [0.4, 0.5) is 0 Å². The van der Waals surface area contributed by atoms with Gasteiger partial charge in [0.2, 0.25) is 5.91 Å². The molecule has 2 amide bonds. The molecule has 0 saturated carbocycles. The number of phenolic OH excluding ortho intramolecular Hbond substituents is 1. The van der Waals surface area contributed by atoms with Crippen molar-refractivity contribution in [2.75, 3.05) is 7.11 Å². The van der Waals surface area contributed by atoms with E-state index >= 15 is 0 Å². The Labute approximate surface area is 192 Å². The monoisotopic (exact) mass is 446 g/mol. The van der Waals surface area contributed by atoms with Gasteiger partial charge in [-0.1, -0.05) is 60.7 Å². The second-order valence-electron chi connectivity index (χ2n) is 7.54. The number of benzene rings is 3. The molecule has 0 aromatic heterocycles. The van der Waals surface area contributed by atoms with E-state index in [4.69, 9.17) is 4.74 Å². The van der Waals surface area contributed by atoms with Crippen LogP contribution in [-0.4, -0.2) is 42.1 Å². The molecule has 0 radical (unpaired) electrons. The van der Waals surface area contributed by atoms with Crippen molar-refractivity contribution in [2.24, 2.45) is 0 Å². The Balaban J connectivity index is 1.80. The fraction of sp³-hybridized carbons (Fsp3) is 0.192. The first kappa shape index (κ1) is 23.5. The maximum atomic E-state index is 13.2. The van der Waals surface area contributed by atoms with E-state index in [1.807, 2.05) is 30.3 Å². The normalized spacial score (nSPS) is 12.3. The molecule has 170 valence electrons. The third kappa shape index (κ3) is 6.93. The summed E-state index contributed by atoms with van der Waals surface area (Å²) in [6, 6.07) is 22.3. The fourth-order valence-electron chi connectivity index (χ4n) is 3.37. The second kappa shape index (κ2) is 11.5. The predicted octanol–water partition coefficient (Wildman–Crippen LogP) is 2.63. The molecule has 0 heterocycles. The minimum atomic E-state index is -0.954. The SMILES string of the molecule is COC(=O)[C@H](Cc1ccccc1)NC(=O)[C@H](Cc1ccc(O)cc1)NC(=O)c1ccccc1. The first-order chi connectivity index (χ1) is 16.0. The molecule has 0 aliphatic heterocycles. The Morgan fingerprint density at radius 3 is 1.91 bits per heavy atom. The number of rotatable bonds is 9. The summed E-state index contributed by atoms with van der Waals surface area (Å²) in [5.74, 6) is -1.41. The van der Waals surface area contributed by atoms with Gasteiger partial charge in [0.1, 0.15) is 17.8 Å². The van der Waals surface area contributed by atoms with E-state index in [0.29, 0.717) is 5.56 Å². The van der Waals surface area contributed by atoms with Crippen molar-refractivity contribution < 1.29 is 24.2 Å². The van der Waals surface area contributed by atoms with E-state index in [1.54, 1.807) is 42.5 Å². The number of ether oxygens (including phenoxy) is 1. The molecular formula is C26H26N2O5. The van der Waals surface area contributed by atoms with Crippen molar-refractivity contribution in [3.8, 4) is 5.75 Å². The second-order valence-corrected chi connectivity index (χ2v) is 7.54. The topological polar surface area (TPSA) is 105 Å². The number of amides is 2. The maximum absolute atomic E-state index is 13.2. The minimum Gasteiger partial charge on any atom is -0.508 e. The van der Waals surface area contributed by atoms with Gasteiger partial charge in [0.15, 0.2) is 0 Å². The number of methoxy groups -OCH3 is 1. The van der Waals surface area contributed by atoms with E-state index in [-0.39, 0.29) is 18.6 Å². The lowest BCUT2D eigenvalue weighted by Gasteiger charge is -2.22. The molecule has 0 spiro atoms. The molecule has 7 heteroatoms. The molecule has 0 aliphatic rings. The van der Waals surface area contributed by atoms with Gasteiger partial charge < -0.3 is 20.5 Å². The highest BCUT2D eigenvalue weighted by molar-refractivity contribution is 5.98. The van der Waals surface area contributed by atoms with Crippen LogP contribution in [0.2, 0.25) is 0 Å². The summed E-state index contributed by atoms with van der Waals surface area (Å²) in [4.78, 5) is 38.3. The average Bonchev–Trinajstić information content (AvgIpc) is 2.85. The van der Waals surface area contributed by atoms with Gasteiger partial charge in [-0.25, -0.2) is 4.79 Å². The lowest BCUT2D eigenvalue weighted by atomic mass is 10.0. The largest absolute Gasteiger partial charge is 0.508 e. The van der Waals surface area contributed by atoms with E-state index in [9.17, 15) is 19.5 Å². The van der Waals surface area contributed by atoms with Gasteiger partial charge in [-0.05, 0) is 35.4 Å². The zero-order valence-corrected chi connectivity index (χ0v) is 18.2. The summed E-state index contributed by atoms with van der Waals surface area (Å²) in [7, 11) is 1.26. The molecule has 3 rings (SSSR count). The molecule has 0 aliphatic carbocycles. The Hall–Kier alpha value is -4.13. The Morgan fingerprint density at radius 2 is 1.30 bits per heavy atom. The molecule has 3 aromatic carbocycles. The third-order valence-corrected chi connectivity index (χ3v) is 5.12. The number of nitrogens with one attached hydrogen (secondary N) is 2. The summed E-state index contributed by atoms with van der Waals surface area (Å²) >= 11 is 0. The Bertz CT molecular complexity index is 1070. The Morgan fingerprint density at radius 1 is 0.758 bits per heavy atom. The molecule has 3 N–H and O–H groups in total. The van der Waals surface area contributed by atoms with E-state index in [1.165, 1.54) is 19.2 Å². The number of phenols is 1. The lowest BCUT2D eigenvalue weighted by Crippen LogP contribution is -2.53. The zero-order valence-electron chi connectivity index (χ0n) is 18.2. The number of carbonyl (C=O) groups is 3. The van der Waals surface area contributed by atoms with Crippen molar-refractivity contribution in [1.29, 1.82) is 0 Å². The summed E-state index contributed by atoms with van der Waals surface area (Å²) in [6.45, 7) is 0. The Kier molecular flexibility index (Phi) is 8.18. The first-order valence-corrected chi connectivity index (χ1v) is 10.5. The van der Waals surface area contributed by atoms with Crippen LogP contribution in [-0.2, 0) is 27.2 Å². The predicted molar refractivity (Wildman–Crippen MR) is 124 cm³/mol. The third-order valence-electron chi connectivity index (χ3n) is 5.12. The van der Waals surface area contributed by atoms with Crippen LogP contribution in [0.3, 0.4) is 0 Å². The molecule has 0 bridgehead atoms. The van der Waals surface area contributed by atoms with E-state index < -0.39 is 29.9 Å². The quantitative estimate of drug-likeness (QED) is 0.439. The standard InChI is InChI=1S/C26H26N2O5/c1-33-26(32)23(17-18-8-4-2-5-9-18)28-25(31)22(16-19-12-14-21(29)15-13-19)27-24(30)20-10-6-3-7-11-20/h2-15,22-23,29H,16-17H2,1H3,(H,27,30)(H,28,31)/t22-,23-/m0/s1. The van der Waals surface area contributed by atoms with Crippen LogP contribution in [0.15, 0.2) is 84.9 Å². The van der Waals surface area contributed by atoms with Crippen LogP contribution in [0.1, 0.15) is 21.5 Å². The zero-order chi connectivity index (χ0) is 23.6. The van der Waals surface area contributed by atoms with Crippen molar-refractivity contribution in [2.45, 2.75) is 24.9 Å². The molecule has 7 nitrogen and oxygen atoms in total. The van der Waals surface area contributed by atoms with Crippen LogP contribution in [0.25, 0.3) is 0 Å². The number of aromatic hydroxyl groups is 1. The number of carbonyl (C=O) groups excluding carboxylic acids is 3. The average molecular weight is 447 g/mol. The van der Waals surface area contributed by atoms with E-state index in [0.717, 1.165) is 11.1 Å². The van der Waals surface area contributed by atoms with Gasteiger partial charge in [-0.3, -0.25) is 9.59 Å².